The molecule has 1 aromatic carbocycles. The van der Waals surface area contributed by atoms with Crippen LogP contribution in [0, 0.1) is 20.8 Å². The zero-order valence-electron chi connectivity index (χ0n) is 14.5. The van der Waals surface area contributed by atoms with Crippen molar-refractivity contribution in [2.24, 2.45) is 0 Å². The maximum absolute atomic E-state index is 12.1. The molecule has 122 valence electrons. The first-order valence-electron chi connectivity index (χ1n) is 7.99. The van der Waals surface area contributed by atoms with Gasteiger partial charge in [0.2, 0.25) is 11.8 Å². The normalized spacial score (nSPS) is 10.4. The number of aryl methyl sites for hydroxylation is 3. The summed E-state index contributed by atoms with van der Waals surface area (Å²) >= 11 is 0. The zero-order chi connectivity index (χ0) is 16.7. The molecule has 0 bridgehead atoms. The molecule has 0 saturated carbocycles. The predicted octanol–water partition coefficient (Wildman–Crippen LogP) is 3.27. The molecule has 0 fully saturated rings. The third-order valence-electron chi connectivity index (χ3n) is 3.69. The van der Waals surface area contributed by atoms with E-state index in [2.05, 4.69) is 12.2 Å². The summed E-state index contributed by atoms with van der Waals surface area (Å²) in [5, 5.41) is 2.89. The number of amides is 2. The van der Waals surface area contributed by atoms with E-state index < -0.39 is 0 Å². The summed E-state index contributed by atoms with van der Waals surface area (Å²) in [7, 11) is 0. The summed E-state index contributed by atoms with van der Waals surface area (Å²) in [5.74, 6) is -0.218. The lowest BCUT2D eigenvalue weighted by Gasteiger charge is -2.25. The molecule has 0 aromatic heterocycles. The van der Waals surface area contributed by atoms with Crippen molar-refractivity contribution in [3.63, 3.8) is 0 Å². The number of nitrogens with one attached hydrogen (secondary N) is 1. The molecule has 1 aromatic rings. The summed E-state index contributed by atoms with van der Waals surface area (Å²) in [5.41, 5.74) is 4.05. The third-order valence-corrected chi connectivity index (χ3v) is 3.69. The van der Waals surface area contributed by atoms with E-state index in [0.29, 0.717) is 6.54 Å². The maximum atomic E-state index is 12.1. The van der Waals surface area contributed by atoms with E-state index >= 15 is 0 Å². The van der Waals surface area contributed by atoms with Gasteiger partial charge in [0.05, 0.1) is 5.69 Å². The third kappa shape index (κ3) is 5.17. The average Bonchev–Trinajstić information content (AvgIpc) is 2.41. The van der Waals surface area contributed by atoms with Gasteiger partial charge < -0.3 is 10.2 Å². The minimum Gasteiger partial charge on any atom is -0.355 e. The minimum absolute atomic E-state index is 0.0756. The highest BCUT2D eigenvalue weighted by molar-refractivity contribution is 5.98. The number of carbonyl (C=O) groups is 2. The molecule has 0 heterocycles. The smallest absolute Gasteiger partial charge is 0.240 e. The van der Waals surface area contributed by atoms with Gasteiger partial charge in [-0.1, -0.05) is 37.5 Å². The first kappa shape index (κ1) is 18.2. The highest BCUT2D eigenvalue weighted by atomic mass is 16.2. The molecular formula is C18H28N2O2. The Kier molecular flexibility index (Phi) is 7.09. The van der Waals surface area contributed by atoms with Crippen LogP contribution >= 0.6 is 0 Å². The van der Waals surface area contributed by atoms with Crippen molar-refractivity contribution in [2.75, 3.05) is 18.0 Å². The van der Waals surface area contributed by atoms with E-state index in [-0.39, 0.29) is 18.4 Å². The van der Waals surface area contributed by atoms with Crippen molar-refractivity contribution in [2.45, 2.75) is 53.9 Å². The van der Waals surface area contributed by atoms with Crippen LogP contribution in [0.1, 0.15) is 49.8 Å². The topological polar surface area (TPSA) is 49.4 Å². The highest BCUT2D eigenvalue weighted by Crippen LogP contribution is 2.26. The van der Waals surface area contributed by atoms with E-state index in [4.69, 9.17) is 0 Å². The van der Waals surface area contributed by atoms with Crippen LogP contribution in [0.4, 0.5) is 5.69 Å². The number of nitrogens with zero attached hydrogens (tertiary/aromatic N) is 1. The van der Waals surface area contributed by atoms with Crippen LogP contribution in [0.5, 0.6) is 0 Å². The van der Waals surface area contributed by atoms with Gasteiger partial charge >= 0.3 is 0 Å². The quantitative estimate of drug-likeness (QED) is 0.786. The van der Waals surface area contributed by atoms with Gasteiger partial charge in [-0.05, 0) is 38.3 Å². The summed E-state index contributed by atoms with van der Waals surface area (Å²) in [6.07, 6.45) is 3.20. The second kappa shape index (κ2) is 8.57. The number of benzene rings is 1. The monoisotopic (exact) mass is 304 g/mol. The van der Waals surface area contributed by atoms with Crippen LogP contribution in [0.15, 0.2) is 12.1 Å². The summed E-state index contributed by atoms with van der Waals surface area (Å²) in [6, 6.07) is 4.08. The number of unbranched alkanes of at least 4 members (excludes halogenated alkanes) is 2. The number of carbonyl (C=O) groups excluding carboxylic acids is 2. The Labute approximate surface area is 133 Å². The summed E-state index contributed by atoms with van der Waals surface area (Å²) < 4.78 is 0. The van der Waals surface area contributed by atoms with Crippen molar-refractivity contribution < 1.29 is 9.59 Å². The van der Waals surface area contributed by atoms with Crippen molar-refractivity contribution in [3.05, 3.63) is 28.8 Å². The molecule has 0 radical (unpaired) electrons. The van der Waals surface area contributed by atoms with Gasteiger partial charge in [-0.15, -0.1) is 0 Å². The molecule has 0 saturated heterocycles. The van der Waals surface area contributed by atoms with E-state index in [0.717, 1.165) is 41.6 Å². The second-order valence-corrected chi connectivity index (χ2v) is 5.91. The molecule has 1 N–H and O–H groups in total. The van der Waals surface area contributed by atoms with Crippen molar-refractivity contribution >= 4 is 17.5 Å². The van der Waals surface area contributed by atoms with Gasteiger partial charge in [-0.2, -0.15) is 0 Å². The molecule has 0 atom stereocenters. The molecule has 22 heavy (non-hydrogen) atoms. The SMILES string of the molecule is CCCCCNC(=O)CN(C(C)=O)c1c(C)cc(C)cc1C. The molecule has 0 aliphatic heterocycles. The first-order valence-corrected chi connectivity index (χ1v) is 7.99. The fourth-order valence-corrected chi connectivity index (χ4v) is 2.75. The number of hydrogen-bond acceptors (Lipinski definition) is 2. The van der Waals surface area contributed by atoms with Gasteiger partial charge in [0.15, 0.2) is 0 Å². The fraction of sp³-hybridized carbons (Fsp3) is 0.556. The summed E-state index contributed by atoms with van der Waals surface area (Å²) in [6.45, 7) is 10.4. The van der Waals surface area contributed by atoms with E-state index in [1.807, 2.05) is 32.9 Å². The van der Waals surface area contributed by atoms with E-state index in [1.165, 1.54) is 6.92 Å². The molecule has 0 aliphatic carbocycles. The average molecular weight is 304 g/mol. The molecule has 0 spiro atoms. The van der Waals surface area contributed by atoms with Gasteiger partial charge in [0.25, 0.3) is 0 Å². The van der Waals surface area contributed by atoms with Gasteiger partial charge in [-0.25, -0.2) is 0 Å². The van der Waals surface area contributed by atoms with Crippen LogP contribution < -0.4 is 10.2 Å². The highest BCUT2D eigenvalue weighted by Gasteiger charge is 2.19. The molecule has 2 amide bonds. The number of rotatable bonds is 7. The Morgan fingerprint density at radius 2 is 1.68 bits per heavy atom. The first-order chi connectivity index (χ1) is 10.4. The zero-order valence-corrected chi connectivity index (χ0v) is 14.5. The Balaban J connectivity index is 2.83. The predicted molar refractivity (Wildman–Crippen MR) is 91.2 cm³/mol. The van der Waals surface area contributed by atoms with E-state index in [1.54, 1.807) is 4.90 Å². The Morgan fingerprint density at radius 1 is 1.09 bits per heavy atom. The van der Waals surface area contributed by atoms with Crippen LogP contribution in [0.3, 0.4) is 0 Å². The second-order valence-electron chi connectivity index (χ2n) is 5.91. The van der Waals surface area contributed by atoms with Gasteiger partial charge in [-0.3, -0.25) is 9.59 Å². The van der Waals surface area contributed by atoms with Crippen LogP contribution in [-0.4, -0.2) is 24.9 Å². The number of anilines is 1. The number of hydrogen-bond donors (Lipinski definition) is 1. The standard InChI is InChI=1S/C18H28N2O2/c1-6-7-8-9-19-17(22)12-20(16(5)21)18-14(3)10-13(2)11-15(18)4/h10-11H,6-9,12H2,1-5H3,(H,19,22). The lowest BCUT2D eigenvalue weighted by molar-refractivity contribution is -0.123. The van der Waals surface area contributed by atoms with Crippen molar-refractivity contribution in [3.8, 4) is 0 Å². The lowest BCUT2D eigenvalue weighted by Crippen LogP contribution is -2.40. The van der Waals surface area contributed by atoms with Crippen LogP contribution in [0.25, 0.3) is 0 Å². The van der Waals surface area contributed by atoms with Crippen LogP contribution in [0.2, 0.25) is 0 Å². The molecule has 0 unspecified atom stereocenters. The minimum atomic E-state index is -0.112. The van der Waals surface area contributed by atoms with E-state index in [9.17, 15) is 9.59 Å². The van der Waals surface area contributed by atoms with Gasteiger partial charge in [0, 0.05) is 13.5 Å². The largest absolute Gasteiger partial charge is 0.355 e. The maximum Gasteiger partial charge on any atom is 0.240 e. The lowest BCUT2D eigenvalue weighted by atomic mass is 10.0. The molecule has 1 rings (SSSR count). The van der Waals surface area contributed by atoms with Crippen molar-refractivity contribution in [1.82, 2.24) is 5.32 Å². The molecule has 4 heteroatoms. The Morgan fingerprint density at radius 3 is 2.18 bits per heavy atom. The van der Waals surface area contributed by atoms with Crippen LogP contribution in [-0.2, 0) is 9.59 Å². The Bertz CT molecular complexity index is 515. The molecule has 4 nitrogen and oxygen atoms in total. The molecule has 0 aliphatic rings. The van der Waals surface area contributed by atoms with Gasteiger partial charge in [0.1, 0.15) is 6.54 Å². The van der Waals surface area contributed by atoms with Crippen molar-refractivity contribution in [1.29, 1.82) is 0 Å². The Hall–Kier alpha value is -1.84. The fourth-order valence-electron chi connectivity index (χ4n) is 2.75. The molecular weight excluding hydrogens is 276 g/mol. The summed E-state index contributed by atoms with van der Waals surface area (Å²) in [4.78, 5) is 25.6.